The maximum Gasteiger partial charge on any atom is 0.228 e. The smallest absolute Gasteiger partial charge is 0.228 e. The monoisotopic (exact) mass is 500 g/mol. The summed E-state index contributed by atoms with van der Waals surface area (Å²) in [5.74, 6) is 4.74. The Kier molecular flexibility index (Phi) is 3.97. The predicted octanol–water partition coefficient (Wildman–Crippen LogP) is 8.73. The summed E-state index contributed by atoms with van der Waals surface area (Å²) in [5, 5.41) is 4.66. The number of benzene rings is 3. The Bertz CT molecular complexity index is 1840. The van der Waals surface area contributed by atoms with Gasteiger partial charge < -0.3 is 9.15 Å². The van der Waals surface area contributed by atoms with Crippen molar-refractivity contribution in [1.29, 1.82) is 0 Å². The molecule has 2 aromatic heterocycles. The quantitative estimate of drug-likeness (QED) is 0.211. The van der Waals surface area contributed by atoms with Crippen LogP contribution in [0.4, 0.5) is 0 Å². The average molecular weight is 501 g/mol. The topological polar surface area (TPSA) is 26.2 Å². The van der Waals surface area contributed by atoms with Crippen LogP contribution in [0.2, 0.25) is 0 Å². The molecule has 0 atom stereocenters. The number of hydrogen-bond donors (Lipinski definition) is 0. The van der Waals surface area contributed by atoms with Gasteiger partial charge in [0.2, 0.25) is 5.69 Å². The van der Waals surface area contributed by atoms with E-state index in [2.05, 4.69) is 75.0 Å². The first-order valence-electron chi connectivity index (χ1n) is 14.5. The number of furan rings is 1. The van der Waals surface area contributed by atoms with Crippen LogP contribution < -0.4 is 9.30 Å². The molecule has 10 rings (SSSR count). The average Bonchev–Trinajstić information content (AvgIpc) is 3.25. The van der Waals surface area contributed by atoms with E-state index in [-0.39, 0.29) is 0 Å². The molecule has 38 heavy (non-hydrogen) atoms. The van der Waals surface area contributed by atoms with Crippen LogP contribution in [0.1, 0.15) is 60.8 Å². The van der Waals surface area contributed by atoms with Gasteiger partial charge in [-0.3, -0.25) is 0 Å². The zero-order valence-electron chi connectivity index (χ0n) is 22.8. The van der Waals surface area contributed by atoms with Crippen LogP contribution in [-0.2, 0) is 12.5 Å². The number of hydrogen-bond acceptors (Lipinski definition) is 2. The van der Waals surface area contributed by atoms with Crippen LogP contribution in [0.3, 0.4) is 0 Å². The van der Waals surface area contributed by atoms with Crippen LogP contribution in [0.25, 0.3) is 44.0 Å². The second kappa shape index (κ2) is 7.00. The molecule has 3 heterocycles. The van der Waals surface area contributed by atoms with Gasteiger partial charge in [-0.05, 0) is 117 Å². The first kappa shape index (κ1) is 21.6. The summed E-state index contributed by atoms with van der Waals surface area (Å²) in [6.07, 6.45) is 10.7. The maximum absolute atomic E-state index is 6.79. The molecule has 4 fully saturated rings. The molecule has 4 bridgehead atoms. The van der Waals surface area contributed by atoms with Crippen molar-refractivity contribution in [3.8, 4) is 22.8 Å². The molecule has 0 spiro atoms. The van der Waals surface area contributed by atoms with E-state index >= 15 is 0 Å². The molecule has 190 valence electrons. The van der Waals surface area contributed by atoms with Crippen molar-refractivity contribution in [3.63, 3.8) is 0 Å². The van der Waals surface area contributed by atoms with E-state index in [1.165, 1.54) is 77.4 Å². The summed E-state index contributed by atoms with van der Waals surface area (Å²) < 4.78 is 15.8. The fraction of sp³-hybridized carbons (Fsp3) is 0.400. The lowest BCUT2D eigenvalue weighted by Gasteiger charge is -2.57. The minimum Gasteiger partial charge on any atom is -0.455 e. The summed E-state index contributed by atoms with van der Waals surface area (Å²) in [6.45, 7) is 6.57. The molecule has 3 nitrogen and oxygen atoms in total. The summed E-state index contributed by atoms with van der Waals surface area (Å²) in [6, 6.07) is 13.9. The van der Waals surface area contributed by atoms with Crippen LogP contribution in [0.15, 0.2) is 47.0 Å². The molecule has 4 saturated carbocycles. The third-order valence-corrected chi connectivity index (χ3v) is 10.9. The van der Waals surface area contributed by atoms with Gasteiger partial charge >= 0.3 is 0 Å². The van der Waals surface area contributed by atoms with Gasteiger partial charge in [-0.1, -0.05) is 18.2 Å². The van der Waals surface area contributed by atoms with E-state index in [1.807, 2.05) is 0 Å². The molecule has 5 aliphatic rings. The molecule has 4 aliphatic carbocycles. The molecule has 0 saturated heterocycles. The Hall–Kier alpha value is -3.33. The number of pyridine rings is 1. The number of rotatable bonds is 1. The number of nitrogens with zero attached hydrogens (tertiary/aromatic N) is 1. The van der Waals surface area contributed by atoms with Crippen molar-refractivity contribution in [1.82, 2.24) is 0 Å². The van der Waals surface area contributed by atoms with Gasteiger partial charge in [-0.2, -0.15) is 0 Å². The van der Waals surface area contributed by atoms with Gasteiger partial charge in [0, 0.05) is 22.2 Å². The Labute approximate surface area is 223 Å². The first-order valence-corrected chi connectivity index (χ1v) is 14.5. The summed E-state index contributed by atoms with van der Waals surface area (Å²) >= 11 is 0. The van der Waals surface area contributed by atoms with Gasteiger partial charge in [-0.25, -0.2) is 4.57 Å². The summed E-state index contributed by atoms with van der Waals surface area (Å²) in [7, 11) is 2.14. The zero-order valence-corrected chi connectivity index (χ0v) is 22.8. The van der Waals surface area contributed by atoms with Crippen molar-refractivity contribution in [2.75, 3.05) is 0 Å². The Morgan fingerprint density at radius 2 is 1.55 bits per heavy atom. The van der Waals surface area contributed by atoms with E-state index in [0.717, 1.165) is 56.6 Å². The van der Waals surface area contributed by atoms with Gasteiger partial charge in [0.1, 0.15) is 35.1 Å². The van der Waals surface area contributed by atoms with E-state index in [9.17, 15) is 0 Å². The predicted molar refractivity (Wildman–Crippen MR) is 152 cm³/mol. The highest BCUT2D eigenvalue weighted by molar-refractivity contribution is 6.19. The Morgan fingerprint density at radius 1 is 0.816 bits per heavy atom. The standard InChI is InChI=1S/C35H34NO2/c1-18-9-19(2)33-30(20(18)3)32-31-26(7-8-36(32)4)34-27(14-29(31)38-33)25-6-5-24(13-28(25)37-34)35-15-21-10-22(16-35)12-23(11-21)17-35/h5-9,13-14,21-23H,10-12,15-17H2,1-4H3/q+1. The highest BCUT2D eigenvalue weighted by Gasteiger charge is 2.51. The lowest BCUT2D eigenvalue weighted by atomic mass is 9.48. The highest BCUT2D eigenvalue weighted by Crippen LogP contribution is 2.61. The van der Waals surface area contributed by atoms with Gasteiger partial charge in [0.05, 0.1) is 5.56 Å². The van der Waals surface area contributed by atoms with E-state index < -0.39 is 0 Å². The molecule has 5 aromatic rings. The normalized spacial score (nSPS) is 26.9. The second-order valence-corrected chi connectivity index (χ2v) is 13.3. The van der Waals surface area contributed by atoms with Gasteiger partial charge in [0.15, 0.2) is 6.20 Å². The zero-order chi connectivity index (χ0) is 25.5. The van der Waals surface area contributed by atoms with Crippen molar-refractivity contribution >= 4 is 32.7 Å². The summed E-state index contributed by atoms with van der Waals surface area (Å²) in [5.41, 5.74) is 10.1. The molecule has 3 aromatic carbocycles. The minimum atomic E-state index is 0.372. The van der Waals surface area contributed by atoms with Gasteiger partial charge in [-0.15, -0.1) is 0 Å². The molecule has 0 radical (unpaired) electrons. The third-order valence-electron chi connectivity index (χ3n) is 10.9. The molecule has 1 aliphatic heterocycles. The van der Waals surface area contributed by atoms with Crippen molar-refractivity contribution in [3.05, 3.63) is 64.8 Å². The maximum atomic E-state index is 6.79. The molecule has 0 N–H and O–H groups in total. The number of aromatic nitrogens is 1. The van der Waals surface area contributed by atoms with Crippen molar-refractivity contribution in [2.24, 2.45) is 24.8 Å². The second-order valence-electron chi connectivity index (χ2n) is 13.3. The van der Waals surface area contributed by atoms with Crippen LogP contribution in [0.5, 0.6) is 11.5 Å². The SMILES string of the molecule is Cc1cc(C)c2c(c1C)-c1c3c(cc4c5ccc(C67CC8CC(CC(C8)C6)C7)cc5oc4c3cc[n+]1C)O2. The first-order chi connectivity index (χ1) is 18.4. The third kappa shape index (κ3) is 2.63. The van der Waals surface area contributed by atoms with E-state index in [4.69, 9.17) is 9.15 Å². The van der Waals surface area contributed by atoms with Crippen molar-refractivity contribution < 1.29 is 13.7 Å². The van der Waals surface area contributed by atoms with E-state index in [0.29, 0.717) is 5.41 Å². The minimum absolute atomic E-state index is 0.372. The number of aryl methyl sites for hydroxylation is 3. The molecule has 3 heteroatoms. The lowest BCUT2D eigenvalue weighted by molar-refractivity contribution is -0.659. The Balaban J connectivity index is 1.29. The van der Waals surface area contributed by atoms with Crippen molar-refractivity contribution in [2.45, 2.75) is 64.7 Å². The van der Waals surface area contributed by atoms with E-state index in [1.54, 1.807) is 0 Å². The highest BCUT2D eigenvalue weighted by atomic mass is 16.5. The molecule has 0 unspecified atom stereocenters. The Morgan fingerprint density at radius 3 is 2.29 bits per heavy atom. The lowest BCUT2D eigenvalue weighted by Crippen LogP contribution is -2.48. The number of fused-ring (bicyclic) bond motifs is 6. The largest absolute Gasteiger partial charge is 0.455 e. The fourth-order valence-corrected chi connectivity index (χ4v) is 9.52. The van der Waals surface area contributed by atoms with Crippen LogP contribution in [0, 0.1) is 38.5 Å². The molecular formula is C35H34NO2+. The number of ether oxygens (including phenoxy) is 1. The molecule has 0 amide bonds. The fourth-order valence-electron chi connectivity index (χ4n) is 9.52. The summed E-state index contributed by atoms with van der Waals surface area (Å²) in [4.78, 5) is 0. The molecular weight excluding hydrogens is 466 g/mol. The van der Waals surface area contributed by atoms with Gasteiger partial charge in [0.25, 0.3) is 0 Å². The van der Waals surface area contributed by atoms with Crippen LogP contribution >= 0.6 is 0 Å². The van der Waals surface area contributed by atoms with Crippen LogP contribution in [-0.4, -0.2) is 0 Å².